The highest BCUT2D eigenvalue weighted by Gasteiger charge is 2.27. The summed E-state index contributed by atoms with van der Waals surface area (Å²) in [6.45, 7) is 4.85. The van der Waals surface area contributed by atoms with Gasteiger partial charge in [0, 0.05) is 10.4 Å². The van der Waals surface area contributed by atoms with E-state index in [0.29, 0.717) is 35.1 Å². The van der Waals surface area contributed by atoms with Crippen LogP contribution in [0.5, 0.6) is 5.75 Å². The highest BCUT2D eigenvalue weighted by molar-refractivity contribution is 9.10. The van der Waals surface area contributed by atoms with Gasteiger partial charge in [-0.25, -0.2) is 4.79 Å². The van der Waals surface area contributed by atoms with Crippen LogP contribution in [0.3, 0.4) is 0 Å². The number of esters is 1. The Morgan fingerprint density at radius 2 is 2.00 bits per heavy atom. The molecule has 1 aromatic carbocycles. The van der Waals surface area contributed by atoms with Crippen molar-refractivity contribution in [1.82, 2.24) is 0 Å². The van der Waals surface area contributed by atoms with Gasteiger partial charge in [0.25, 0.3) is 5.91 Å². The first-order valence-corrected chi connectivity index (χ1v) is 11.7. The average molecular weight is 480 g/mol. The standard InChI is InChI=1S/C22H26BrNO4S/c1-3-5-12-28-17-11-10-14(13-16(17)23)20(25)24-21-19(22(26)27-4-2)15-8-6-7-9-18(15)29-21/h10-11,13H,3-9,12H2,1-2H3,(H,24,25). The Kier molecular flexibility index (Phi) is 7.72. The van der Waals surface area contributed by atoms with Gasteiger partial charge < -0.3 is 14.8 Å². The van der Waals surface area contributed by atoms with Gasteiger partial charge in [0.05, 0.1) is 23.2 Å². The summed E-state index contributed by atoms with van der Waals surface area (Å²) in [6.07, 6.45) is 5.99. The van der Waals surface area contributed by atoms with E-state index in [2.05, 4.69) is 28.2 Å². The Morgan fingerprint density at radius 3 is 2.72 bits per heavy atom. The second-order valence-corrected chi connectivity index (χ2v) is 8.90. The first-order valence-electron chi connectivity index (χ1n) is 10.1. The molecule has 1 heterocycles. The van der Waals surface area contributed by atoms with Crippen LogP contribution in [0.25, 0.3) is 0 Å². The molecule has 1 aliphatic rings. The lowest BCUT2D eigenvalue weighted by Crippen LogP contribution is -2.16. The van der Waals surface area contributed by atoms with Gasteiger partial charge >= 0.3 is 5.97 Å². The van der Waals surface area contributed by atoms with Crippen LogP contribution in [0.1, 0.15) is 70.7 Å². The quantitative estimate of drug-likeness (QED) is 0.372. The lowest BCUT2D eigenvalue weighted by Gasteiger charge is -2.12. The van der Waals surface area contributed by atoms with Crippen LogP contribution in [0.15, 0.2) is 22.7 Å². The number of halogens is 1. The number of unbranched alkanes of at least 4 members (excludes halogenated alkanes) is 1. The molecule has 1 N–H and O–H groups in total. The number of nitrogens with one attached hydrogen (secondary N) is 1. The fourth-order valence-electron chi connectivity index (χ4n) is 3.33. The van der Waals surface area contributed by atoms with Gasteiger partial charge in [-0.1, -0.05) is 13.3 Å². The summed E-state index contributed by atoms with van der Waals surface area (Å²) in [5.41, 5.74) is 2.07. The first-order chi connectivity index (χ1) is 14.0. The summed E-state index contributed by atoms with van der Waals surface area (Å²) in [6, 6.07) is 5.27. The maximum Gasteiger partial charge on any atom is 0.341 e. The van der Waals surface area contributed by atoms with Crippen molar-refractivity contribution in [3.8, 4) is 5.75 Å². The number of amides is 1. The van der Waals surface area contributed by atoms with E-state index >= 15 is 0 Å². The van der Waals surface area contributed by atoms with Crippen molar-refractivity contribution in [2.75, 3.05) is 18.5 Å². The molecule has 0 saturated carbocycles. The number of hydrogen-bond donors (Lipinski definition) is 1. The van der Waals surface area contributed by atoms with Gasteiger partial charge in [-0.3, -0.25) is 4.79 Å². The molecule has 0 spiro atoms. The zero-order chi connectivity index (χ0) is 20.8. The third-order valence-corrected chi connectivity index (χ3v) is 6.65. The summed E-state index contributed by atoms with van der Waals surface area (Å²) in [4.78, 5) is 26.6. The predicted octanol–water partition coefficient (Wildman–Crippen LogP) is 6.00. The molecule has 156 valence electrons. The number of aryl methyl sites for hydroxylation is 1. The zero-order valence-electron chi connectivity index (χ0n) is 16.8. The number of hydrogen-bond acceptors (Lipinski definition) is 5. The fraction of sp³-hybridized carbons (Fsp3) is 0.455. The van der Waals surface area contributed by atoms with Gasteiger partial charge in [-0.05, 0) is 78.7 Å². The van der Waals surface area contributed by atoms with E-state index in [1.54, 1.807) is 25.1 Å². The first kappa shape index (κ1) is 21.8. The SMILES string of the molecule is CCCCOc1ccc(C(=O)Nc2sc3c(c2C(=O)OCC)CCCC3)cc1Br. The van der Waals surface area contributed by atoms with E-state index in [1.165, 1.54) is 16.2 Å². The Morgan fingerprint density at radius 1 is 1.21 bits per heavy atom. The molecule has 29 heavy (non-hydrogen) atoms. The summed E-state index contributed by atoms with van der Waals surface area (Å²) in [5, 5.41) is 3.52. The summed E-state index contributed by atoms with van der Waals surface area (Å²) in [5.74, 6) is 0.104. The van der Waals surface area contributed by atoms with Gasteiger partial charge in [-0.15, -0.1) is 11.3 Å². The molecule has 5 nitrogen and oxygen atoms in total. The molecule has 0 unspecified atom stereocenters. The molecule has 1 amide bonds. The monoisotopic (exact) mass is 479 g/mol. The van der Waals surface area contributed by atoms with Crippen LogP contribution in [0.4, 0.5) is 5.00 Å². The van der Waals surface area contributed by atoms with Crippen molar-refractivity contribution in [2.24, 2.45) is 0 Å². The lowest BCUT2D eigenvalue weighted by atomic mass is 9.95. The normalized spacial score (nSPS) is 12.9. The molecule has 0 atom stereocenters. The van der Waals surface area contributed by atoms with Crippen molar-refractivity contribution in [1.29, 1.82) is 0 Å². The molecule has 1 aliphatic carbocycles. The maximum absolute atomic E-state index is 12.9. The molecule has 0 saturated heterocycles. The van der Waals surface area contributed by atoms with Crippen LogP contribution in [-0.2, 0) is 17.6 Å². The van der Waals surface area contributed by atoms with Gasteiger partial charge in [-0.2, -0.15) is 0 Å². The highest BCUT2D eigenvalue weighted by atomic mass is 79.9. The predicted molar refractivity (Wildman–Crippen MR) is 119 cm³/mol. The molecule has 3 rings (SSSR count). The van der Waals surface area contributed by atoms with Crippen molar-refractivity contribution < 1.29 is 19.1 Å². The molecule has 0 bridgehead atoms. The molecule has 2 aromatic rings. The molecular formula is C22H26BrNO4S. The van der Waals surface area contributed by atoms with Gasteiger partial charge in [0.2, 0.25) is 0 Å². The third-order valence-electron chi connectivity index (χ3n) is 4.83. The summed E-state index contributed by atoms with van der Waals surface area (Å²) >= 11 is 4.97. The number of ether oxygens (including phenoxy) is 2. The number of benzene rings is 1. The van der Waals surface area contributed by atoms with Crippen molar-refractivity contribution in [2.45, 2.75) is 52.4 Å². The molecule has 0 fully saturated rings. The molecule has 0 aliphatic heterocycles. The molecular weight excluding hydrogens is 454 g/mol. The number of rotatable bonds is 8. The van der Waals surface area contributed by atoms with Gasteiger partial charge in [0.1, 0.15) is 10.8 Å². The van der Waals surface area contributed by atoms with Crippen LogP contribution < -0.4 is 10.1 Å². The molecule has 1 aromatic heterocycles. The molecule has 7 heteroatoms. The van der Waals surface area contributed by atoms with Crippen molar-refractivity contribution >= 4 is 44.1 Å². The van der Waals surface area contributed by atoms with Crippen molar-refractivity contribution in [3.05, 3.63) is 44.2 Å². The number of thiophene rings is 1. The Bertz CT molecular complexity index is 893. The van der Waals surface area contributed by atoms with Crippen LogP contribution >= 0.6 is 27.3 Å². The lowest BCUT2D eigenvalue weighted by molar-refractivity contribution is 0.0526. The number of anilines is 1. The second-order valence-electron chi connectivity index (χ2n) is 6.94. The average Bonchev–Trinajstić information content (AvgIpc) is 3.07. The van der Waals surface area contributed by atoms with Gasteiger partial charge in [0.15, 0.2) is 0 Å². The minimum atomic E-state index is -0.358. The van der Waals surface area contributed by atoms with E-state index in [-0.39, 0.29) is 11.9 Å². The maximum atomic E-state index is 12.9. The minimum Gasteiger partial charge on any atom is -0.492 e. The van der Waals surface area contributed by atoms with E-state index in [9.17, 15) is 9.59 Å². The van der Waals surface area contributed by atoms with E-state index in [4.69, 9.17) is 9.47 Å². The minimum absolute atomic E-state index is 0.255. The van der Waals surface area contributed by atoms with E-state index < -0.39 is 0 Å². The van der Waals surface area contributed by atoms with Crippen LogP contribution in [-0.4, -0.2) is 25.1 Å². The fourth-order valence-corrected chi connectivity index (χ4v) is 5.10. The number of carbonyl (C=O) groups excluding carboxylic acids is 2. The van der Waals surface area contributed by atoms with Crippen LogP contribution in [0, 0.1) is 0 Å². The number of fused-ring (bicyclic) bond motifs is 1. The van der Waals surface area contributed by atoms with Crippen LogP contribution in [0.2, 0.25) is 0 Å². The molecule has 0 radical (unpaired) electrons. The van der Waals surface area contributed by atoms with Crippen molar-refractivity contribution in [3.63, 3.8) is 0 Å². The summed E-state index contributed by atoms with van der Waals surface area (Å²) in [7, 11) is 0. The highest BCUT2D eigenvalue weighted by Crippen LogP contribution is 2.39. The second kappa shape index (κ2) is 10.3. The topological polar surface area (TPSA) is 64.6 Å². The largest absolute Gasteiger partial charge is 0.492 e. The van der Waals surface area contributed by atoms with E-state index in [1.807, 2.05) is 0 Å². The Hall–Kier alpha value is -1.86. The summed E-state index contributed by atoms with van der Waals surface area (Å²) < 4.78 is 11.7. The smallest absolute Gasteiger partial charge is 0.341 e. The van der Waals surface area contributed by atoms with E-state index in [0.717, 1.165) is 48.6 Å². The third kappa shape index (κ3) is 5.20. The Balaban J connectivity index is 1.81. The number of carbonyl (C=O) groups is 2. The zero-order valence-corrected chi connectivity index (χ0v) is 19.2. The Labute approximate surface area is 183 Å².